The van der Waals surface area contributed by atoms with E-state index in [1.807, 2.05) is 0 Å². The number of anilines is 1. The van der Waals surface area contributed by atoms with Crippen LogP contribution in [-0.4, -0.2) is 8.42 Å². The molecule has 100 valence electrons. The molecule has 0 atom stereocenters. The average molecular weight is 361 g/mol. The number of sulfonamides is 1. The van der Waals surface area contributed by atoms with E-state index in [1.54, 1.807) is 49.4 Å². The number of rotatable bonds is 3. The first kappa shape index (κ1) is 14.4. The van der Waals surface area contributed by atoms with Crippen molar-refractivity contribution >= 4 is 43.2 Å². The molecule has 0 heterocycles. The van der Waals surface area contributed by atoms with Crippen LogP contribution in [0.5, 0.6) is 0 Å². The standard InChI is InChI=1S/C13H11BrClNO2S/c1-9-7-11(15)5-6-13(9)16-19(17,18)12-4-2-3-10(14)8-12/h2-8,16H,1H3. The Labute approximate surface area is 125 Å². The first-order valence-electron chi connectivity index (χ1n) is 5.43. The van der Waals surface area contributed by atoms with Crippen molar-refractivity contribution in [1.82, 2.24) is 0 Å². The van der Waals surface area contributed by atoms with Crippen molar-refractivity contribution in [2.45, 2.75) is 11.8 Å². The molecule has 0 unspecified atom stereocenters. The maximum atomic E-state index is 12.2. The van der Waals surface area contributed by atoms with Crippen LogP contribution < -0.4 is 4.72 Å². The van der Waals surface area contributed by atoms with Gasteiger partial charge in [0.15, 0.2) is 0 Å². The molecule has 19 heavy (non-hydrogen) atoms. The third-order valence-corrected chi connectivity index (χ3v) is 4.63. The number of aryl methyl sites for hydroxylation is 1. The van der Waals surface area contributed by atoms with Crippen LogP contribution in [0.2, 0.25) is 5.02 Å². The maximum absolute atomic E-state index is 12.2. The van der Waals surface area contributed by atoms with E-state index < -0.39 is 10.0 Å². The molecule has 0 fully saturated rings. The molecule has 2 aromatic carbocycles. The highest BCUT2D eigenvalue weighted by atomic mass is 79.9. The van der Waals surface area contributed by atoms with Crippen molar-refractivity contribution in [2.75, 3.05) is 4.72 Å². The lowest BCUT2D eigenvalue weighted by Crippen LogP contribution is -2.13. The van der Waals surface area contributed by atoms with E-state index in [2.05, 4.69) is 20.7 Å². The molecule has 0 saturated carbocycles. The lowest BCUT2D eigenvalue weighted by Gasteiger charge is -2.11. The number of hydrogen-bond donors (Lipinski definition) is 1. The van der Waals surface area contributed by atoms with E-state index in [-0.39, 0.29) is 4.90 Å². The molecule has 6 heteroatoms. The van der Waals surface area contributed by atoms with Crippen molar-refractivity contribution in [1.29, 1.82) is 0 Å². The minimum atomic E-state index is -3.59. The second kappa shape index (κ2) is 5.53. The normalized spacial score (nSPS) is 11.3. The third-order valence-electron chi connectivity index (χ3n) is 2.54. The van der Waals surface area contributed by atoms with Gasteiger partial charge in [-0.25, -0.2) is 8.42 Å². The summed E-state index contributed by atoms with van der Waals surface area (Å²) in [5.41, 5.74) is 1.29. The highest BCUT2D eigenvalue weighted by Crippen LogP contribution is 2.23. The Balaban J connectivity index is 2.36. The molecular weight excluding hydrogens is 350 g/mol. The average Bonchev–Trinajstić information content (AvgIpc) is 2.33. The molecular formula is C13H11BrClNO2S. The number of hydrogen-bond acceptors (Lipinski definition) is 2. The quantitative estimate of drug-likeness (QED) is 0.891. The van der Waals surface area contributed by atoms with E-state index in [0.29, 0.717) is 15.2 Å². The Morgan fingerprint density at radius 3 is 2.53 bits per heavy atom. The van der Waals surface area contributed by atoms with Gasteiger partial charge in [-0.15, -0.1) is 0 Å². The van der Waals surface area contributed by atoms with Gasteiger partial charge in [0.1, 0.15) is 0 Å². The van der Waals surface area contributed by atoms with Gasteiger partial charge in [0.25, 0.3) is 10.0 Å². The molecule has 0 radical (unpaired) electrons. The highest BCUT2D eigenvalue weighted by Gasteiger charge is 2.15. The Bertz CT molecular complexity index is 716. The van der Waals surface area contributed by atoms with Gasteiger partial charge in [-0.1, -0.05) is 33.6 Å². The lowest BCUT2D eigenvalue weighted by atomic mass is 10.2. The number of halogens is 2. The maximum Gasteiger partial charge on any atom is 0.261 e. The highest BCUT2D eigenvalue weighted by molar-refractivity contribution is 9.10. The summed E-state index contributed by atoms with van der Waals surface area (Å²) in [4.78, 5) is 0.205. The van der Waals surface area contributed by atoms with Gasteiger partial charge in [0, 0.05) is 9.50 Å². The Morgan fingerprint density at radius 2 is 1.89 bits per heavy atom. The predicted molar refractivity (Wildman–Crippen MR) is 81.1 cm³/mol. The molecule has 2 aromatic rings. The summed E-state index contributed by atoms with van der Waals surface area (Å²) in [5.74, 6) is 0. The summed E-state index contributed by atoms with van der Waals surface area (Å²) in [5, 5.41) is 0.572. The molecule has 0 amide bonds. The fourth-order valence-electron chi connectivity index (χ4n) is 1.58. The van der Waals surface area contributed by atoms with Crippen LogP contribution in [0.15, 0.2) is 51.8 Å². The summed E-state index contributed by atoms with van der Waals surface area (Å²) in [7, 11) is -3.59. The molecule has 0 aliphatic carbocycles. The monoisotopic (exact) mass is 359 g/mol. The van der Waals surface area contributed by atoms with Gasteiger partial charge >= 0.3 is 0 Å². The summed E-state index contributed by atoms with van der Waals surface area (Å²) >= 11 is 9.10. The van der Waals surface area contributed by atoms with Gasteiger partial charge in [0.2, 0.25) is 0 Å². The molecule has 1 N–H and O–H groups in total. The molecule has 0 aliphatic heterocycles. The molecule has 0 saturated heterocycles. The van der Waals surface area contributed by atoms with E-state index in [1.165, 1.54) is 0 Å². The lowest BCUT2D eigenvalue weighted by molar-refractivity contribution is 0.601. The van der Waals surface area contributed by atoms with E-state index in [4.69, 9.17) is 11.6 Å². The minimum absolute atomic E-state index is 0.205. The molecule has 0 spiro atoms. The number of benzene rings is 2. The van der Waals surface area contributed by atoms with Crippen LogP contribution in [-0.2, 0) is 10.0 Å². The second-order valence-electron chi connectivity index (χ2n) is 4.02. The molecule has 3 nitrogen and oxygen atoms in total. The van der Waals surface area contributed by atoms with Crippen LogP contribution in [0, 0.1) is 6.92 Å². The van der Waals surface area contributed by atoms with Crippen LogP contribution >= 0.6 is 27.5 Å². The van der Waals surface area contributed by atoms with E-state index in [0.717, 1.165) is 5.56 Å². The van der Waals surface area contributed by atoms with Gasteiger partial charge in [-0.2, -0.15) is 0 Å². The summed E-state index contributed by atoms with van der Waals surface area (Å²) in [6, 6.07) is 11.5. The van der Waals surface area contributed by atoms with Gasteiger partial charge < -0.3 is 0 Å². The zero-order chi connectivity index (χ0) is 14.0. The Kier molecular flexibility index (Phi) is 4.18. The molecule has 0 aliphatic rings. The SMILES string of the molecule is Cc1cc(Cl)ccc1NS(=O)(=O)c1cccc(Br)c1. The van der Waals surface area contributed by atoms with Crippen LogP contribution in [0.1, 0.15) is 5.56 Å². The van der Waals surface area contributed by atoms with Crippen LogP contribution in [0.3, 0.4) is 0 Å². The summed E-state index contributed by atoms with van der Waals surface area (Å²) in [6.45, 7) is 1.80. The number of nitrogens with one attached hydrogen (secondary N) is 1. The zero-order valence-corrected chi connectivity index (χ0v) is 13.2. The summed E-state index contributed by atoms with van der Waals surface area (Å²) in [6.07, 6.45) is 0. The van der Waals surface area contributed by atoms with Gasteiger partial charge in [-0.05, 0) is 48.9 Å². The fourth-order valence-corrected chi connectivity index (χ4v) is 3.53. The van der Waals surface area contributed by atoms with Gasteiger partial charge in [-0.3, -0.25) is 4.72 Å². The Morgan fingerprint density at radius 1 is 1.16 bits per heavy atom. The third kappa shape index (κ3) is 3.49. The van der Waals surface area contributed by atoms with Crippen molar-refractivity contribution in [3.8, 4) is 0 Å². The smallest absolute Gasteiger partial charge is 0.261 e. The van der Waals surface area contributed by atoms with Gasteiger partial charge in [0.05, 0.1) is 10.6 Å². The minimum Gasteiger partial charge on any atom is -0.279 e. The van der Waals surface area contributed by atoms with Crippen LogP contribution in [0.4, 0.5) is 5.69 Å². The van der Waals surface area contributed by atoms with Crippen molar-refractivity contribution in [3.05, 3.63) is 57.5 Å². The topological polar surface area (TPSA) is 46.2 Å². The largest absolute Gasteiger partial charge is 0.279 e. The Hall–Kier alpha value is -1.04. The van der Waals surface area contributed by atoms with Crippen molar-refractivity contribution in [2.24, 2.45) is 0 Å². The van der Waals surface area contributed by atoms with E-state index in [9.17, 15) is 8.42 Å². The fraction of sp³-hybridized carbons (Fsp3) is 0.0769. The van der Waals surface area contributed by atoms with Crippen molar-refractivity contribution in [3.63, 3.8) is 0 Å². The summed E-state index contributed by atoms with van der Waals surface area (Å²) < 4.78 is 27.7. The first-order chi connectivity index (χ1) is 8.88. The van der Waals surface area contributed by atoms with Crippen LogP contribution in [0.25, 0.3) is 0 Å². The molecule has 0 aromatic heterocycles. The van der Waals surface area contributed by atoms with Crippen molar-refractivity contribution < 1.29 is 8.42 Å². The molecule has 0 bridgehead atoms. The second-order valence-corrected chi connectivity index (χ2v) is 7.06. The first-order valence-corrected chi connectivity index (χ1v) is 8.08. The predicted octanol–water partition coefficient (Wildman–Crippen LogP) is 4.21. The zero-order valence-electron chi connectivity index (χ0n) is 10.0. The van der Waals surface area contributed by atoms with E-state index >= 15 is 0 Å². The molecule has 2 rings (SSSR count).